The van der Waals surface area contributed by atoms with Crippen LogP contribution in [0.25, 0.3) is 0 Å². The number of ether oxygens (including phenoxy) is 1. The molecule has 0 aromatic heterocycles. The van der Waals surface area contributed by atoms with Crippen LogP contribution in [-0.4, -0.2) is 35.1 Å². The van der Waals surface area contributed by atoms with Crippen molar-refractivity contribution in [3.8, 4) is 0 Å². The molecule has 5 heteroatoms. The standard InChI is InChI=1S/C14H21NO4/c1-10(2)13(17)12(16)8-15-14(18)19-9-11-6-4-3-5-7-11/h3-7,10,12-13,16-17H,8-9H2,1-2H3,(H,15,18)/t12-,13+/m0/s1. The molecule has 1 rings (SSSR count). The van der Waals surface area contributed by atoms with Crippen molar-refractivity contribution < 1.29 is 19.7 Å². The molecule has 0 aliphatic carbocycles. The van der Waals surface area contributed by atoms with Crippen LogP contribution in [0.5, 0.6) is 0 Å². The van der Waals surface area contributed by atoms with Crippen molar-refractivity contribution in [1.82, 2.24) is 5.32 Å². The number of rotatable bonds is 6. The highest BCUT2D eigenvalue weighted by Crippen LogP contribution is 2.05. The quantitative estimate of drug-likeness (QED) is 0.725. The third-order valence-electron chi connectivity index (χ3n) is 2.75. The Hall–Kier alpha value is -1.59. The van der Waals surface area contributed by atoms with Gasteiger partial charge in [-0.15, -0.1) is 0 Å². The third-order valence-corrected chi connectivity index (χ3v) is 2.75. The Bertz CT molecular complexity index is 380. The van der Waals surface area contributed by atoms with E-state index in [9.17, 15) is 15.0 Å². The minimum atomic E-state index is -0.996. The molecule has 0 unspecified atom stereocenters. The molecule has 0 radical (unpaired) electrons. The first-order chi connectivity index (χ1) is 9.00. The van der Waals surface area contributed by atoms with Crippen molar-refractivity contribution in [2.75, 3.05) is 6.54 Å². The number of carbonyl (C=O) groups excluding carboxylic acids is 1. The molecule has 0 saturated heterocycles. The second-order valence-electron chi connectivity index (χ2n) is 4.74. The van der Waals surface area contributed by atoms with Gasteiger partial charge in [0, 0.05) is 6.54 Å². The molecule has 2 atom stereocenters. The molecule has 3 N–H and O–H groups in total. The molecule has 0 spiro atoms. The van der Waals surface area contributed by atoms with Crippen LogP contribution in [0.2, 0.25) is 0 Å². The Morgan fingerprint density at radius 2 is 1.89 bits per heavy atom. The lowest BCUT2D eigenvalue weighted by Gasteiger charge is -2.21. The summed E-state index contributed by atoms with van der Waals surface area (Å²) in [6, 6.07) is 9.31. The SMILES string of the molecule is CC(C)[C@@H](O)[C@@H](O)CNC(=O)OCc1ccccc1. The first-order valence-electron chi connectivity index (χ1n) is 6.31. The Morgan fingerprint density at radius 1 is 1.26 bits per heavy atom. The fraction of sp³-hybridized carbons (Fsp3) is 0.500. The van der Waals surface area contributed by atoms with Crippen LogP contribution in [0.15, 0.2) is 30.3 Å². The van der Waals surface area contributed by atoms with Gasteiger partial charge in [0.2, 0.25) is 0 Å². The highest BCUT2D eigenvalue weighted by atomic mass is 16.5. The van der Waals surface area contributed by atoms with E-state index in [1.54, 1.807) is 13.8 Å². The van der Waals surface area contributed by atoms with Crippen molar-refractivity contribution in [3.63, 3.8) is 0 Å². The minimum absolute atomic E-state index is 0.0348. The van der Waals surface area contributed by atoms with Gasteiger partial charge in [-0.2, -0.15) is 0 Å². The number of nitrogens with one attached hydrogen (secondary N) is 1. The topological polar surface area (TPSA) is 78.8 Å². The van der Waals surface area contributed by atoms with Crippen molar-refractivity contribution in [2.45, 2.75) is 32.7 Å². The predicted molar refractivity (Wildman–Crippen MR) is 71.5 cm³/mol. The van der Waals surface area contributed by atoms with Crippen molar-refractivity contribution >= 4 is 6.09 Å². The lowest BCUT2D eigenvalue weighted by Crippen LogP contribution is -2.41. The van der Waals surface area contributed by atoms with Gasteiger partial charge >= 0.3 is 6.09 Å². The lowest BCUT2D eigenvalue weighted by atomic mass is 10.0. The number of benzene rings is 1. The molecular formula is C14H21NO4. The monoisotopic (exact) mass is 267 g/mol. The fourth-order valence-electron chi connectivity index (χ4n) is 1.53. The van der Waals surface area contributed by atoms with E-state index in [0.29, 0.717) is 0 Å². The van der Waals surface area contributed by atoms with Gasteiger partial charge in [-0.05, 0) is 11.5 Å². The summed E-state index contributed by atoms with van der Waals surface area (Å²) in [5.74, 6) is -0.0721. The van der Waals surface area contributed by atoms with E-state index in [1.807, 2.05) is 30.3 Å². The molecular weight excluding hydrogens is 246 g/mol. The van der Waals surface area contributed by atoms with Crippen molar-refractivity contribution in [3.05, 3.63) is 35.9 Å². The number of hydrogen-bond donors (Lipinski definition) is 3. The Morgan fingerprint density at radius 3 is 2.47 bits per heavy atom. The average Bonchev–Trinajstić information content (AvgIpc) is 2.42. The number of aliphatic hydroxyl groups is 2. The summed E-state index contributed by atoms with van der Waals surface area (Å²) >= 11 is 0. The zero-order valence-electron chi connectivity index (χ0n) is 11.2. The van der Waals surface area contributed by atoms with Gasteiger partial charge in [0.1, 0.15) is 6.61 Å². The van der Waals surface area contributed by atoms with Crippen molar-refractivity contribution in [1.29, 1.82) is 0 Å². The maximum atomic E-state index is 11.4. The van der Waals surface area contributed by atoms with E-state index in [2.05, 4.69) is 5.32 Å². The van der Waals surface area contributed by atoms with Gasteiger partial charge < -0.3 is 20.3 Å². The van der Waals surface area contributed by atoms with E-state index >= 15 is 0 Å². The molecule has 1 aromatic rings. The smallest absolute Gasteiger partial charge is 0.407 e. The number of alkyl carbamates (subject to hydrolysis) is 1. The van der Waals surface area contributed by atoms with Gasteiger partial charge in [-0.1, -0.05) is 44.2 Å². The molecule has 1 amide bonds. The van der Waals surface area contributed by atoms with E-state index in [0.717, 1.165) is 5.56 Å². The summed E-state index contributed by atoms with van der Waals surface area (Å²) in [6.07, 6.45) is -2.47. The molecule has 0 heterocycles. The Labute approximate surface area is 113 Å². The van der Waals surface area contributed by atoms with Gasteiger partial charge in [0.15, 0.2) is 0 Å². The van der Waals surface area contributed by atoms with Gasteiger partial charge in [0.05, 0.1) is 12.2 Å². The highest BCUT2D eigenvalue weighted by Gasteiger charge is 2.20. The van der Waals surface area contributed by atoms with E-state index in [4.69, 9.17) is 4.74 Å². The number of carbonyl (C=O) groups is 1. The largest absolute Gasteiger partial charge is 0.445 e. The first-order valence-corrected chi connectivity index (χ1v) is 6.31. The molecule has 0 aliphatic rings. The lowest BCUT2D eigenvalue weighted by molar-refractivity contribution is -0.00705. The summed E-state index contributed by atoms with van der Waals surface area (Å²) in [5.41, 5.74) is 0.889. The minimum Gasteiger partial charge on any atom is -0.445 e. The Balaban J connectivity index is 2.25. The van der Waals surface area contributed by atoms with Gasteiger partial charge in [0.25, 0.3) is 0 Å². The van der Waals surface area contributed by atoms with E-state index in [1.165, 1.54) is 0 Å². The molecule has 19 heavy (non-hydrogen) atoms. The van der Waals surface area contributed by atoms with Gasteiger partial charge in [-0.25, -0.2) is 4.79 Å². The number of amides is 1. The molecule has 0 fully saturated rings. The van der Waals surface area contributed by atoms with Crippen LogP contribution in [0.1, 0.15) is 19.4 Å². The maximum absolute atomic E-state index is 11.4. The number of hydrogen-bond acceptors (Lipinski definition) is 4. The first kappa shape index (κ1) is 15.5. The second kappa shape index (κ2) is 7.76. The maximum Gasteiger partial charge on any atom is 0.407 e. The Kier molecular flexibility index (Phi) is 6.32. The van der Waals surface area contributed by atoms with Crippen LogP contribution in [0, 0.1) is 5.92 Å². The normalized spacial score (nSPS) is 13.9. The third kappa shape index (κ3) is 5.72. The number of aliphatic hydroxyl groups excluding tert-OH is 2. The van der Waals surface area contributed by atoms with E-state index in [-0.39, 0.29) is 19.1 Å². The van der Waals surface area contributed by atoms with Gasteiger partial charge in [-0.3, -0.25) is 0 Å². The molecule has 1 aromatic carbocycles. The van der Waals surface area contributed by atoms with E-state index < -0.39 is 18.3 Å². The molecule has 106 valence electrons. The van der Waals surface area contributed by atoms with Crippen LogP contribution >= 0.6 is 0 Å². The van der Waals surface area contributed by atoms with Crippen LogP contribution in [0.3, 0.4) is 0 Å². The summed E-state index contributed by atoms with van der Waals surface area (Å²) in [5, 5.41) is 21.6. The van der Waals surface area contributed by atoms with Crippen LogP contribution in [-0.2, 0) is 11.3 Å². The highest BCUT2D eigenvalue weighted by molar-refractivity contribution is 5.67. The molecule has 0 bridgehead atoms. The van der Waals surface area contributed by atoms with Crippen LogP contribution in [0.4, 0.5) is 4.79 Å². The molecule has 0 saturated carbocycles. The summed E-state index contributed by atoms with van der Waals surface area (Å²) in [7, 11) is 0. The zero-order chi connectivity index (χ0) is 14.3. The summed E-state index contributed by atoms with van der Waals surface area (Å²) in [6.45, 7) is 3.73. The predicted octanol–water partition coefficient (Wildman–Crippen LogP) is 1.29. The van der Waals surface area contributed by atoms with Crippen LogP contribution < -0.4 is 5.32 Å². The summed E-state index contributed by atoms with van der Waals surface area (Å²) < 4.78 is 4.98. The zero-order valence-corrected chi connectivity index (χ0v) is 11.2. The van der Waals surface area contributed by atoms with Crippen molar-refractivity contribution in [2.24, 2.45) is 5.92 Å². The fourth-order valence-corrected chi connectivity index (χ4v) is 1.53. The molecule has 5 nitrogen and oxygen atoms in total. The molecule has 0 aliphatic heterocycles. The second-order valence-corrected chi connectivity index (χ2v) is 4.74. The average molecular weight is 267 g/mol. The summed E-state index contributed by atoms with van der Waals surface area (Å²) in [4.78, 5) is 11.4.